The average Bonchev–Trinajstić information content (AvgIpc) is 2.68. The minimum absolute atomic E-state index is 0. The fourth-order valence-electron chi connectivity index (χ4n) is 1.92. The first kappa shape index (κ1) is 15.0. The Balaban J connectivity index is 0.00000144. The van der Waals surface area contributed by atoms with E-state index in [2.05, 4.69) is 33.5 Å². The van der Waals surface area contributed by atoms with Crippen molar-refractivity contribution in [3.8, 4) is 0 Å². The van der Waals surface area contributed by atoms with Crippen LogP contribution in [0.25, 0.3) is 0 Å². The van der Waals surface area contributed by atoms with Crippen molar-refractivity contribution in [2.24, 2.45) is 5.92 Å². The molecule has 2 atom stereocenters. The van der Waals surface area contributed by atoms with Crippen molar-refractivity contribution in [1.82, 2.24) is 10.6 Å². The molecular formula is C11H16BrClN2OS. The van der Waals surface area contributed by atoms with Crippen LogP contribution in [0.3, 0.4) is 0 Å². The van der Waals surface area contributed by atoms with Gasteiger partial charge in [0.05, 0.1) is 0 Å². The number of hydrogen-bond donors (Lipinski definition) is 2. The van der Waals surface area contributed by atoms with Gasteiger partial charge in [0.2, 0.25) is 0 Å². The van der Waals surface area contributed by atoms with E-state index >= 15 is 0 Å². The zero-order valence-corrected chi connectivity index (χ0v) is 12.8. The molecule has 0 aromatic carbocycles. The Morgan fingerprint density at radius 2 is 2.41 bits per heavy atom. The van der Waals surface area contributed by atoms with E-state index < -0.39 is 0 Å². The van der Waals surface area contributed by atoms with Gasteiger partial charge in [0.25, 0.3) is 5.91 Å². The topological polar surface area (TPSA) is 41.1 Å². The quantitative estimate of drug-likeness (QED) is 0.870. The summed E-state index contributed by atoms with van der Waals surface area (Å²) < 4.78 is 0.886. The third-order valence-electron chi connectivity index (χ3n) is 2.93. The first-order chi connectivity index (χ1) is 7.68. The minimum atomic E-state index is 0. The summed E-state index contributed by atoms with van der Waals surface area (Å²) in [5.74, 6) is 0.539. The standard InChI is InChI=1S/C11H15BrN2OS.ClH/c1-7-6-13-4-2-9(7)14-11(15)10-8(12)3-5-16-10;/h3,5,7,9,13H,2,4,6H2,1H3,(H,14,15);1H. The fraction of sp³-hybridized carbons (Fsp3) is 0.545. The highest BCUT2D eigenvalue weighted by Crippen LogP contribution is 2.23. The number of nitrogens with one attached hydrogen (secondary N) is 2. The first-order valence-electron chi connectivity index (χ1n) is 5.43. The fourth-order valence-corrected chi connectivity index (χ4v) is 3.37. The molecule has 2 rings (SSSR count). The maximum atomic E-state index is 12.0. The van der Waals surface area contributed by atoms with E-state index in [0.29, 0.717) is 12.0 Å². The SMILES string of the molecule is CC1CNCCC1NC(=O)c1sccc1Br.Cl. The Hall–Kier alpha value is -0.100. The van der Waals surface area contributed by atoms with Crippen LogP contribution in [0.2, 0.25) is 0 Å². The second kappa shape index (κ2) is 6.73. The van der Waals surface area contributed by atoms with Crippen LogP contribution in [0.5, 0.6) is 0 Å². The van der Waals surface area contributed by atoms with Gasteiger partial charge in [-0.3, -0.25) is 4.79 Å². The Kier molecular flexibility index (Phi) is 5.92. The van der Waals surface area contributed by atoms with E-state index in [1.165, 1.54) is 11.3 Å². The Morgan fingerprint density at radius 1 is 1.65 bits per heavy atom. The molecule has 0 bridgehead atoms. The molecule has 1 aliphatic rings. The van der Waals surface area contributed by atoms with Crippen LogP contribution >= 0.6 is 39.7 Å². The second-order valence-electron chi connectivity index (χ2n) is 4.15. The number of rotatable bonds is 2. The number of thiophene rings is 1. The van der Waals surface area contributed by atoms with Crippen LogP contribution in [0.15, 0.2) is 15.9 Å². The number of hydrogen-bond acceptors (Lipinski definition) is 3. The van der Waals surface area contributed by atoms with Crippen LogP contribution in [-0.2, 0) is 0 Å². The van der Waals surface area contributed by atoms with Crippen LogP contribution in [0.4, 0.5) is 0 Å². The summed E-state index contributed by atoms with van der Waals surface area (Å²) in [6.45, 7) is 4.14. The van der Waals surface area contributed by atoms with E-state index in [-0.39, 0.29) is 18.3 Å². The molecule has 1 aromatic rings. The van der Waals surface area contributed by atoms with E-state index in [1.807, 2.05) is 11.4 Å². The lowest BCUT2D eigenvalue weighted by molar-refractivity contribution is 0.0917. The van der Waals surface area contributed by atoms with E-state index in [9.17, 15) is 4.79 Å². The first-order valence-corrected chi connectivity index (χ1v) is 7.10. The molecule has 2 N–H and O–H groups in total. The molecule has 0 radical (unpaired) electrons. The molecule has 1 amide bonds. The molecular weight excluding hydrogens is 324 g/mol. The second-order valence-corrected chi connectivity index (χ2v) is 5.92. The Labute approximate surface area is 120 Å². The number of amides is 1. The predicted molar refractivity (Wildman–Crippen MR) is 77.2 cm³/mol. The third-order valence-corrected chi connectivity index (χ3v) is 4.76. The smallest absolute Gasteiger partial charge is 0.262 e. The molecule has 1 aliphatic heterocycles. The Bertz CT molecular complexity index is 385. The highest BCUT2D eigenvalue weighted by atomic mass is 79.9. The van der Waals surface area contributed by atoms with Gasteiger partial charge in [-0.2, -0.15) is 0 Å². The normalized spacial score (nSPS) is 23.9. The lowest BCUT2D eigenvalue weighted by Gasteiger charge is -2.30. The lowest BCUT2D eigenvalue weighted by atomic mass is 9.95. The zero-order chi connectivity index (χ0) is 11.5. The molecule has 1 saturated heterocycles. The average molecular weight is 340 g/mol. The molecule has 2 heterocycles. The number of halogens is 2. The molecule has 1 fully saturated rings. The largest absolute Gasteiger partial charge is 0.348 e. The van der Waals surface area contributed by atoms with Gasteiger partial charge in [0, 0.05) is 10.5 Å². The summed E-state index contributed by atoms with van der Waals surface area (Å²) in [6.07, 6.45) is 1.01. The van der Waals surface area contributed by atoms with Crippen molar-refractivity contribution in [3.63, 3.8) is 0 Å². The molecule has 96 valence electrons. The monoisotopic (exact) mass is 338 g/mol. The van der Waals surface area contributed by atoms with Gasteiger partial charge in [0.1, 0.15) is 4.88 Å². The third kappa shape index (κ3) is 3.68. The van der Waals surface area contributed by atoms with Gasteiger partial charge in [0.15, 0.2) is 0 Å². The van der Waals surface area contributed by atoms with E-state index in [1.54, 1.807) is 0 Å². The van der Waals surface area contributed by atoms with E-state index in [4.69, 9.17) is 0 Å². The number of carbonyl (C=O) groups is 1. The highest BCUT2D eigenvalue weighted by Gasteiger charge is 2.24. The molecule has 0 aliphatic carbocycles. The van der Waals surface area contributed by atoms with Crippen LogP contribution < -0.4 is 10.6 Å². The van der Waals surface area contributed by atoms with Crippen LogP contribution in [-0.4, -0.2) is 25.0 Å². The molecule has 17 heavy (non-hydrogen) atoms. The van der Waals surface area contributed by atoms with Crippen molar-refractivity contribution >= 4 is 45.6 Å². The molecule has 0 spiro atoms. The van der Waals surface area contributed by atoms with Gasteiger partial charge in [-0.15, -0.1) is 23.7 Å². The lowest BCUT2D eigenvalue weighted by Crippen LogP contribution is -2.48. The molecule has 0 saturated carbocycles. The zero-order valence-electron chi connectivity index (χ0n) is 9.53. The maximum absolute atomic E-state index is 12.0. The van der Waals surface area contributed by atoms with Crippen LogP contribution in [0, 0.1) is 5.92 Å². The summed E-state index contributed by atoms with van der Waals surface area (Å²) in [7, 11) is 0. The molecule has 1 aromatic heterocycles. The Morgan fingerprint density at radius 3 is 3.00 bits per heavy atom. The van der Waals surface area contributed by atoms with Crippen molar-refractivity contribution < 1.29 is 4.79 Å². The minimum Gasteiger partial charge on any atom is -0.348 e. The van der Waals surface area contributed by atoms with Gasteiger partial charge >= 0.3 is 0 Å². The van der Waals surface area contributed by atoms with E-state index in [0.717, 1.165) is 28.9 Å². The van der Waals surface area contributed by atoms with Gasteiger partial charge < -0.3 is 10.6 Å². The highest BCUT2D eigenvalue weighted by molar-refractivity contribution is 9.10. The molecule has 2 unspecified atom stereocenters. The number of piperidine rings is 1. The summed E-state index contributed by atoms with van der Waals surface area (Å²) in [6, 6.07) is 2.20. The van der Waals surface area contributed by atoms with Gasteiger partial charge in [-0.25, -0.2) is 0 Å². The van der Waals surface area contributed by atoms with Gasteiger partial charge in [-0.1, -0.05) is 6.92 Å². The van der Waals surface area contributed by atoms with Crippen molar-refractivity contribution in [3.05, 3.63) is 20.8 Å². The van der Waals surface area contributed by atoms with Crippen molar-refractivity contribution in [2.45, 2.75) is 19.4 Å². The van der Waals surface area contributed by atoms with Crippen LogP contribution in [0.1, 0.15) is 23.0 Å². The van der Waals surface area contributed by atoms with Crippen molar-refractivity contribution in [1.29, 1.82) is 0 Å². The van der Waals surface area contributed by atoms with Gasteiger partial charge in [-0.05, 0) is 52.8 Å². The molecule has 3 nitrogen and oxygen atoms in total. The number of carbonyl (C=O) groups excluding carboxylic acids is 1. The summed E-state index contributed by atoms with van der Waals surface area (Å²) in [5, 5.41) is 8.36. The van der Waals surface area contributed by atoms with Crippen molar-refractivity contribution in [2.75, 3.05) is 13.1 Å². The maximum Gasteiger partial charge on any atom is 0.262 e. The summed E-state index contributed by atoms with van der Waals surface area (Å²) in [4.78, 5) is 12.8. The predicted octanol–water partition coefficient (Wildman–Crippen LogP) is 2.66. The summed E-state index contributed by atoms with van der Waals surface area (Å²) >= 11 is 4.86. The summed E-state index contributed by atoms with van der Waals surface area (Å²) in [5.41, 5.74) is 0. The molecule has 6 heteroatoms.